The second kappa shape index (κ2) is 10.5. The third-order valence-electron chi connectivity index (χ3n) is 3.50. The van der Waals surface area contributed by atoms with Crippen LogP contribution in [0, 0.1) is 0 Å². The third-order valence-corrected chi connectivity index (χ3v) is 3.50. The Morgan fingerprint density at radius 1 is 0.900 bits per heavy atom. The molecule has 0 spiro atoms. The van der Waals surface area contributed by atoms with Crippen molar-refractivity contribution in [2.75, 3.05) is 0 Å². The number of carbonyl (C=O) groups is 1. The van der Waals surface area contributed by atoms with E-state index in [1.807, 2.05) is 12.1 Å². The number of ether oxygens (including phenoxy) is 1. The van der Waals surface area contributed by atoms with E-state index < -0.39 is 0 Å². The van der Waals surface area contributed by atoms with Gasteiger partial charge in [0.15, 0.2) is 0 Å². The van der Waals surface area contributed by atoms with Crippen molar-refractivity contribution in [2.45, 2.75) is 71.6 Å². The number of benzene rings is 1. The fourth-order valence-corrected chi connectivity index (χ4v) is 2.35. The molecule has 112 valence electrons. The van der Waals surface area contributed by atoms with Crippen LogP contribution in [-0.2, 0) is 11.2 Å². The molecule has 0 saturated carbocycles. The predicted octanol–water partition coefficient (Wildman–Crippen LogP) is 5.30. The van der Waals surface area contributed by atoms with Gasteiger partial charge in [0.1, 0.15) is 5.75 Å². The van der Waals surface area contributed by atoms with Gasteiger partial charge in [-0.2, -0.15) is 0 Å². The molecule has 1 aromatic rings. The highest BCUT2D eigenvalue weighted by Gasteiger charge is 1.99. The Bertz CT molecular complexity index is 368. The van der Waals surface area contributed by atoms with E-state index in [4.69, 9.17) is 4.74 Å². The number of carbonyl (C=O) groups excluding carboxylic acids is 1. The Morgan fingerprint density at radius 3 is 2.00 bits per heavy atom. The van der Waals surface area contributed by atoms with Crippen molar-refractivity contribution in [3.63, 3.8) is 0 Å². The van der Waals surface area contributed by atoms with Gasteiger partial charge < -0.3 is 4.74 Å². The minimum absolute atomic E-state index is 0.263. The molecule has 0 aromatic heterocycles. The largest absolute Gasteiger partial charge is 0.427 e. The fraction of sp³-hybridized carbons (Fsp3) is 0.611. The smallest absolute Gasteiger partial charge is 0.308 e. The summed E-state index contributed by atoms with van der Waals surface area (Å²) >= 11 is 0. The molecule has 0 fully saturated rings. The molecule has 0 heterocycles. The highest BCUT2D eigenvalue weighted by atomic mass is 16.5. The Labute approximate surface area is 123 Å². The Kier molecular flexibility index (Phi) is 8.77. The molecule has 2 heteroatoms. The van der Waals surface area contributed by atoms with Crippen LogP contribution in [0.25, 0.3) is 0 Å². The molecule has 2 nitrogen and oxygen atoms in total. The summed E-state index contributed by atoms with van der Waals surface area (Å²) in [5.41, 5.74) is 1.33. The van der Waals surface area contributed by atoms with Crippen molar-refractivity contribution in [1.82, 2.24) is 0 Å². The third kappa shape index (κ3) is 7.98. The lowest BCUT2D eigenvalue weighted by Crippen LogP contribution is -2.01. The predicted molar refractivity (Wildman–Crippen MR) is 84.1 cm³/mol. The summed E-state index contributed by atoms with van der Waals surface area (Å²) in [6.07, 6.45) is 11.9. The van der Waals surface area contributed by atoms with Gasteiger partial charge in [-0.15, -0.1) is 0 Å². The molecule has 0 aliphatic rings. The summed E-state index contributed by atoms with van der Waals surface area (Å²) in [4.78, 5) is 10.8. The molecule has 0 unspecified atom stereocenters. The monoisotopic (exact) mass is 276 g/mol. The lowest BCUT2D eigenvalue weighted by molar-refractivity contribution is -0.131. The molecule has 0 amide bonds. The number of unbranched alkanes of at least 4 members (excludes halogenated alkanes) is 7. The zero-order valence-electron chi connectivity index (χ0n) is 13.0. The second-order valence-corrected chi connectivity index (χ2v) is 5.46. The van der Waals surface area contributed by atoms with Crippen LogP contribution in [0.15, 0.2) is 24.3 Å². The van der Waals surface area contributed by atoms with Crippen molar-refractivity contribution in [2.24, 2.45) is 0 Å². The Hall–Kier alpha value is -1.31. The number of rotatable bonds is 10. The van der Waals surface area contributed by atoms with Gasteiger partial charge in [-0.3, -0.25) is 4.79 Å². The summed E-state index contributed by atoms with van der Waals surface area (Å²) in [5, 5.41) is 0. The molecule has 0 aliphatic heterocycles. The quantitative estimate of drug-likeness (QED) is 0.329. The SMILES string of the molecule is CCCCCCCCCCc1ccc(OC(C)=O)cc1. The van der Waals surface area contributed by atoms with Gasteiger partial charge in [-0.25, -0.2) is 0 Å². The van der Waals surface area contributed by atoms with E-state index in [1.165, 1.54) is 63.9 Å². The van der Waals surface area contributed by atoms with E-state index in [2.05, 4.69) is 19.1 Å². The van der Waals surface area contributed by atoms with Crippen LogP contribution < -0.4 is 4.74 Å². The molecular weight excluding hydrogens is 248 g/mol. The first kappa shape index (κ1) is 16.7. The highest BCUT2D eigenvalue weighted by Crippen LogP contribution is 2.15. The van der Waals surface area contributed by atoms with Gasteiger partial charge >= 0.3 is 5.97 Å². The summed E-state index contributed by atoms with van der Waals surface area (Å²) in [6, 6.07) is 7.86. The maximum atomic E-state index is 10.8. The Balaban J connectivity index is 2.08. The van der Waals surface area contributed by atoms with Crippen molar-refractivity contribution in [1.29, 1.82) is 0 Å². The zero-order chi connectivity index (χ0) is 14.6. The first-order chi connectivity index (χ1) is 9.72. The van der Waals surface area contributed by atoms with E-state index in [-0.39, 0.29) is 5.97 Å². The second-order valence-electron chi connectivity index (χ2n) is 5.46. The summed E-state index contributed by atoms with van der Waals surface area (Å²) in [6.45, 7) is 3.68. The van der Waals surface area contributed by atoms with Crippen LogP contribution in [0.2, 0.25) is 0 Å². The fourth-order valence-electron chi connectivity index (χ4n) is 2.35. The topological polar surface area (TPSA) is 26.3 Å². The van der Waals surface area contributed by atoms with Crippen LogP contribution in [0.3, 0.4) is 0 Å². The highest BCUT2D eigenvalue weighted by molar-refractivity contribution is 5.69. The number of hydrogen-bond donors (Lipinski definition) is 0. The molecule has 0 saturated heterocycles. The van der Waals surface area contributed by atoms with Crippen LogP contribution in [0.5, 0.6) is 5.75 Å². The first-order valence-electron chi connectivity index (χ1n) is 7.99. The number of esters is 1. The van der Waals surface area contributed by atoms with Crippen LogP contribution >= 0.6 is 0 Å². The van der Waals surface area contributed by atoms with Crippen molar-refractivity contribution < 1.29 is 9.53 Å². The molecular formula is C18H28O2. The summed E-state index contributed by atoms with van der Waals surface area (Å²) < 4.78 is 5.02. The van der Waals surface area contributed by atoms with Gasteiger partial charge in [-0.05, 0) is 30.5 Å². The minimum Gasteiger partial charge on any atom is -0.427 e. The van der Waals surface area contributed by atoms with Crippen LogP contribution in [0.4, 0.5) is 0 Å². The average molecular weight is 276 g/mol. The van der Waals surface area contributed by atoms with Gasteiger partial charge in [0.2, 0.25) is 0 Å². The molecule has 1 aromatic carbocycles. The molecule has 0 bridgehead atoms. The van der Waals surface area contributed by atoms with Crippen LogP contribution in [-0.4, -0.2) is 5.97 Å². The maximum Gasteiger partial charge on any atom is 0.308 e. The molecule has 0 aliphatic carbocycles. The van der Waals surface area contributed by atoms with E-state index in [0.29, 0.717) is 5.75 Å². The number of aryl methyl sites for hydroxylation is 1. The minimum atomic E-state index is -0.263. The Morgan fingerprint density at radius 2 is 1.45 bits per heavy atom. The average Bonchev–Trinajstić information content (AvgIpc) is 2.43. The standard InChI is InChI=1S/C18H28O2/c1-3-4-5-6-7-8-9-10-11-17-12-14-18(15-13-17)20-16(2)19/h12-15H,3-11H2,1-2H3. The van der Waals surface area contributed by atoms with Gasteiger partial charge in [0.25, 0.3) is 0 Å². The normalized spacial score (nSPS) is 10.5. The summed E-state index contributed by atoms with van der Waals surface area (Å²) in [7, 11) is 0. The first-order valence-corrected chi connectivity index (χ1v) is 7.99. The molecule has 20 heavy (non-hydrogen) atoms. The molecule has 0 radical (unpaired) electrons. The molecule has 1 rings (SSSR count). The lowest BCUT2D eigenvalue weighted by atomic mass is 10.0. The molecule has 0 atom stereocenters. The van der Waals surface area contributed by atoms with E-state index in [9.17, 15) is 4.79 Å². The van der Waals surface area contributed by atoms with Crippen LogP contribution in [0.1, 0.15) is 70.8 Å². The van der Waals surface area contributed by atoms with Gasteiger partial charge in [0, 0.05) is 6.92 Å². The van der Waals surface area contributed by atoms with Crippen molar-refractivity contribution in [3.05, 3.63) is 29.8 Å². The van der Waals surface area contributed by atoms with Gasteiger partial charge in [0.05, 0.1) is 0 Å². The maximum absolute atomic E-state index is 10.8. The zero-order valence-corrected chi connectivity index (χ0v) is 13.0. The van der Waals surface area contributed by atoms with E-state index >= 15 is 0 Å². The lowest BCUT2D eigenvalue weighted by Gasteiger charge is -2.04. The van der Waals surface area contributed by atoms with E-state index in [0.717, 1.165) is 6.42 Å². The van der Waals surface area contributed by atoms with E-state index in [1.54, 1.807) is 0 Å². The van der Waals surface area contributed by atoms with Gasteiger partial charge in [-0.1, -0.05) is 64.0 Å². The molecule has 0 N–H and O–H groups in total. The van der Waals surface area contributed by atoms with Crippen molar-refractivity contribution >= 4 is 5.97 Å². The number of hydrogen-bond acceptors (Lipinski definition) is 2. The van der Waals surface area contributed by atoms with Crippen molar-refractivity contribution in [3.8, 4) is 5.75 Å². The summed E-state index contributed by atoms with van der Waals surface area (Å²) in [5.74, 6) is 0.373.